The van der Waals surface area contributed by atoms with Crippen molar-refractivity contribution < 1.29 is 4.39 Å². The predicted octanol–water partition coefficient (Wildman–Crippen LogP) is 2.46. The van der Waals surface area contributed by atoms with Crippen molar-refractivity contribution in [1.82, 2.24) is 9.38 Å². The van der Waals surface area contributed by atoms with Crippen LogP contribution in [-0.2, 0) is 6.42 Å². The summed E-state index contributed by atoms with van der Waals surface area (Å²) < 4.78 is 15.2. The van der Waals surface area contributed by atoms with Gasteiger partial charge >= 0.3 is 0 Å². The third kappa shape index (κ3) is 2.62. The zero-order valence-electron chi connectivity index (χ0n) is 11.6. The lowest BCUT2D eigenvalue weighted by atomic mass is 10.2. The Morgan fingerprint density at radius 3 is 2.80 bits per heavy atom. The molecule has 0 radical (unpaired) electrons. The molecule has 1 N–H and O–H groups in total. The summed E-state index contributed by atoms with van der Waals surface area (Å²) >= 11 is 0. The van der Waals surface area contributed by atoms with Crippen molar-refractivity contribution in [2.24, 2.45) is 0 Å². The van der Waals surface area contributed by atoms with Gasteiger partial charge in [0.05, 0.1) is 5.69 Å². The molecule has 0 aliphatic rings. The second-order valence-electron chi connectivity index (χ2n) is 5.01. The van der Waals surface area contributed by atoms with Crippen LogP contribution >= 0.6 is 0 Å². The second kappa shape index (κ2) is 4.93. The number of aromatic nitrogens is 2. The van der Waals surface area contributed by atoms with Crippen molar-refractivity contribution in [2.75, 3.05) is 5.32 Å². The van der Waals surface area contributed by atoms with E-state index < -0.39 is 11.5 Å². The van der Waals surface area contributed by atoms with Gasteiger partial charge < -0.3 is 5.32 Å². The molecule has 2 aromatic heterocycles. The van der Waals surface area contributed by atoms with Gasteiger partial charge in [0.25, 0.3) is 11.2 Å². The molecule has 104 valence electrons. The van der Waals surface area contributed by atoms with Crippen LogP contribution in [0.3, 0.4) is 0 Å². The van der Waals surface area contributed by atoms with Gasteiger partial charge in [-0.05, 0) is 6.42 Å². The molecule has 2 rings (SSSR count). The third-order valence-corrected chi connectivity index (χ3v) is 2.86. The molecule has 20 heavy (non-hydrogen) atoms. The molecule has 0 spiro atoms. The molecule has 0 atom stereocenters. The summed E-state index contributed by atoms with van der Waals surface area (Å²) in [6.45, 7) is 12.2. The molecule has 0 saturated heterocycles. The summed E-state index contributed by atoms with van der Waals surface area (Å²) in [5, 5.41) is 2.88. The first-order valence-corrected chi connectivity index (χ1v) is 6.25. The zero-order valence-corrected chi connectivity index (χ0v) is 11.6. The predicted molar refractivity (Wildman–Crippen MR) is 75.1 cm³/mol. The number of hydrogen-bond acceptors (Lipinski definition) is 3. The minimum atomic E-state index is -0.874. The Morgan fingerprint density at radius 1 is 1.50 bits per heavy atom. The van der Waals surface area contributed by atoms with Crippen LogP contribution in [0.4, 0.5) is 10.1 Å². The summed E-state index contributed by atoms with van der Waals surface area (Å²) in [5.41, 5.74) is -0.295. The number of nitrogens with zero attached hydrogens (tertiary/aromatic N) is 3. The van der Waals surface area contributed by atoms with Gasteiger partial charge in [0.2, 0.25) is 0 Å². The molecule has 2 aromatic rings. The van der Waals surface area contributed by atoms with Crippen LogP contribution in [0.25, 0.3) is 10.5 Å². The Bertz CT molecular complexity index is 758. The average molecular weight is 274 g/mol. The van der Waals surface area contributed by atoms with Crippen LogP contribution in [0.2, 0.25) is 0 Å². The molecule has 0 unspecified atom stereocenters. The number of anilines is 1. The zero-order chi connectivity index (χ0) is 14.9. The largest absolute Gasteiger partial charge is 0.313 e. The van der Waals surface area contributed by atoms with Crippen molar-refractivity contribution in [1.29, 1.82) is 0 Å². The van der Waals surface area contributed by atoms with E-state index >= 15 is 0 Å². The van der Waals surface area contributed by atoms with Crippen LogP contribution < -0.4 is 10.9 Å². The fourth-order valence-corrected chi connectivity index (χ4v) is 1.84. The lowest BCUT2D eigenvalue weighted by molar-refractivity contribution is 0.624. The Labute approximate surface area is 115 Å². The summed E-state index contributed by atoms with van der Waals surface area (Å²) in [6.07, 6.45) is 2.02. The minimum Gasteiger partial charge on any atom is -0.313 e. The second-order valence-corrected chi connectivity index (χ2v) is 5.01. The highest BCUT2D eigenvalue weighted by atomic mass is 19.1. The quantitative estimate of drug-likeness (QED) is 0.875. The highest BCUT2D eigenvalue weighted by molar-refractivity contribution is 5.52. The third-order valence-electron chi connectivity index (χ3n) is 2.86. The Hall–Kier alpha value is -2.42. The van der Waals surface area contributed by atoms with Gasteiger partial charge in [-0.2, -0.15) is 0 Å². The first-order chi connectivity index (χ1) is 9.36. The molecule has 0 aliphatic heterocycles. The first kappa shape index (κ1) is 14.0. The molecule has 2 heterocycles. The van der Waals surface area contributed by atoms with Crippen LogP contribution in [0.5, 0.6) is 0 Å². The van der Waals surface area contributed by atoms with Gasteiger partial charge in [0.1, 0.15) is 0 Å². The molecule has 0 bridgehead atoms. The Balaban J connectivity index is 2.62. The van der Waals surface area contributed by atoms with E-state index in [9.17, 15) is 9.18 Å². The van der Waals surface area contributed by atoms with Crippen molar-refractivity contribution in [3.8, 4) is 0 Å². The standard InChI is InChI=1S/C14H15FN4O/c1-5-9-7-12(20)19-8-10(18-14(2,3)16-4)6-11(15)13(19)17-9/h6-8,18H,5H2,1-3H3. The first-order valence-electron chi connectivity index (χ1n) is 6.25. The van der Waals surface area contributed by atoms with Crippen molar-refractivity contribution in [3.05, 3.63) is 51.6 Å². The van der Waals surface area contributed by atoms with E-state index in [1.807, 2.05) is 6.92 Å². The summed E-state index contributed by atoms with van der Waals surface area (Å²) in [4.78, 5) is 19.5. The Morgan fingerprint density at radius 2 is 2.20 bits per heavy atom. The van der Waals surface area contributed by atoms with Gasteiger partial charge in [0, 0.05) is 37.9 Å². The van der Waals surface area contributed by atoms with Crippen LogP contribution in [0.15, 0.2) is 23.1 Å². The number of halogens is 1. The van der Waals surface area contributed by atoms with E-state index in [0.717, 1.165) is 4.40 Å². The molecule has 6 heteroatoms. The SMILES string of the molecule is [C-]#[N+]C(C)(C)Nc1cc(F)c2nc(CC)cc(=O)n2c1. The molecule has 0 aromatic carbocycles. The normalized spacial score (nSPS) is 11.3. The minimum absolute atomic E-state index is 0.000480. The maximum Gasteiger partial charge on any atom is 0.299 e. The van der Waals surface area contributed by atoms with Crippen molar-refractivity contribution in [3.63, 3.8) is 0 Å². The van der Waals surface area contributed by atoms with Crippen LogP contribution in [0, 0.1) is 12.4 Å². The highest BCUT2D eigenvalue weighted by Crippen LogP contribution is 2.18. The number of pyridine rings is 1. The summed E-state index contributed by atoms with van der Waals surface area (Å²) in [6, 6.07) is 2.63. The van der Waals surface area contributed by atoms with Gasteiger partial charge in [-0.3, -0.25) is 14.0 Å². The molecule has 0 fully saturated rings. The van der Waals surface area contributed by atoms with E-state index in [2.05, 4.69) is 15.1 Å². The van der Waals surface area contributed by atoms with E-state index in [-0.39, 0.29) is 11.2 Å². The average Bonchev–Trinajstić information content (AvgIpc) is 2.39. The van der Waals surface area contributed by atoms with Gasteiger partial charge in [-0.15, -0.1) is 0 Å². The van der Waals surface area contributed by atoms with E-state index in [0.29, 0.717) is 17.8 Å². The Kier molecular flexibility index (Phi) is 3.45. The van der Waals surface area contributed by atoms with Crippen LogP contribution in [0.1, 0.15) is 26.5 Å². The molecule has 0 aliphatic carbocycles. The number of nitrogens with one attached hydrogen (secondary N) is 1. The maximum atomic E-state index is 14.1. The molecule has 0 saturated carbocycles. The molecular weight excluding hydrogens is 259 g/mol. The number of aryl methyl sites for hydroxylation is 1. The fourth-order valence-electron chi connectivity index (χ4n) is 1.84. The topological polar surface area (TPSA) is 50.8 Å². The summed E-state index contributed by atoms with van der Waals surface area (Å²) in [5.74, 6) is -0.594. The smallest absolute Gasteiger partial charge is 0.299 e. The van der Waals surface area contributed by atoms with Crippen LogP contribution in [-0.4, -0.2) is 15.0 Å². The lowest BCUT2D eigenvalue weighted by Gasteiger charge is -2.15. The summed E-state index contributed by atoms with van der Waals surface area (Å²) in [7, 11) is 0. The number of rotatable bonds is 3. The monoisotopic (exact) mass is 274 g/mol. The number of hydrogen-bond donors (Lipinski definition) is 1. The fraction of sp³-hybridized carbons (Fsp3) is 0.357. The molecule has 0 amide bonds. The van der Waals surface area contributed by atoms with Gasteiger partial charge in [-0.1, -0.05) is 6.92 Å². The van der Waals surface area contributed by atoms with E-state index in [4.69, 9.17) is 6.57 Å². The van der Waals surface area contributed by atoms with Gasteiger partial charge in [-0.25, -0.2) is 15.9 Å². The number of fused-ring (bicyclic) bond motifs is 1. The lowest BCUT2D eigenvalue weighted by Crippen LogP contribution is -2.27. The maximum absolute atomic E-state index is 14.1. The van der Waals surface area contributed by atoms with Crippen molar-refractivity contribution >= 4 is 11.3 Å². The molecule has 5 nitrogen and oxygen atoms in total. The molecular formula is C14H15FN4O. The van der Waals surface area contributed by atoms with E-state index in [1.54, 1.807) is 13.8 Å². The van der Waals surface area contributed by atoms with Crippen molar-refractivity contribution in [2.45, 2.75) is 32.9 Å². The van der Waals surface area contributed by atoms with E-state index in [1.165, 1.54) is 18.3 Å². The highest BCUT2D eigenvalue weighted by Gasteiger charge is 2.22. The van der Waals surface area contributed by atoms with Gasteiger partial charge in [0.15, 0.2) is 11.5 Å².